The summed E-state index contributed by atoms with van der Waals surface area (Å²) in [6.45, 7) is 2.94. The Bertz CT molecular complexity index is 748. The highest BCUT2D eigenvalue weighted by molar-refractivity contribution is 6.05. The first-order valence-electron chi connectivity index (χ1n) is 8.47. The van der Waals surface area contributed by atoms with Gasteiger partial charge < -0.3 is 16.0 Å². The van der Waals surface area contributed by atoms with Crippen LogP contribution < -0.4 is 16.0 Å². The van der Waals surface area contributed by atoms with Crippen molar-refractivity contribution in [2.45, 2.75) is 25.8 Å². The Morgan fingerprint density at radius 3 is 2.68 bits per heavy atom. The number of hydrogen-bond donors (Lipinski definition) is 3. The molecular formula is C19H22N4O2. The van der Waals surface area contributed by atoms with Crippen LogP contribution in [-0.2, 0) is 4.79 Å². The van der Waals surface area contributed by atoms with Gasteiger partial charge in [0, 0.05) is 41.3 Å². The lowest BCUT2D eigenvalue weighted by atomic mass is 9.92. The number of carbonyl (C=O) groups excluding carboxylic acids is 2. The Morgan fingerprint density at radius 2 is 1.92 bits per heavy atom. The molecule has 1 aliphatic heterocycles. The van der Waals surface area contributed by atoms with E-state index < -0.39 is 0 Å². The van der Waals surface area contributed by atoms with Gasteiger partial charge in [-0.3, -0.25) is 14.6 Å². The van der Waals surface area contributed by atoms with E-state index in [4.69, 9.17) is 0 Å². The molecule has 1 saturated heterocycles. The fourth-order valence-electron chi connectivity index (χ4n) is 2.99. The summed E-state index contributed by atoms with van der Waals surface area (Å²) in [5.41, 5.74) is 1.81. The second-order valence-corrected chi connectivity index (χ2v) is 6.34. The molecule has 0 radical (unpaired) electrons. The molecule has 6 heteroatoms. The highest BCUT2D eigenvalue weighted by atomic mass is 16.2. The monoisotopic (exact) mass is 338 g/mol. The van der Waals surface area contributed by atoms with Crippen LogP contribution >= 0.6 is 0 Å². The lowest BCUT2D eigenvalue weighted by Crippen LogP contribution is -2.40. The third-order valence-corrected chi connectivity index (χ3v) is 4.32. The minimum Gasteiger partial charge on any atom is -0.326 e. The molecule has 2 heterocycles. The zero-order chi connectivity index (χ0) is 17.6. The molecule has 0 unspecified atom stereocenters. The van der Waals surface area contributed by atoms with Crippen LogP contribution in [0.2, 0.25) is 0 Å². The number of nitrogens with one attached hydrogen (secondary N) is 3. The summed E-state index contributed by atoms with van der Waals surface area (Å²) in [6.07, 6.45) is 4.89. The van der Waals surface area contributed by atoms with Crippen molar-refractivity contribution in [1.29, 1.82) is 0 Å². The van der Waals surface area contributed by atoms with Crippen molar-refractivity contribution in [3.63, 3.8) is 0 Å². The van der Waals surface area contributed by atoms with Gasteiger partial charge >= 0.3 is 0 Å². The molecule has 0 spiro atoms. The maximum absolute atomic E-state index is 12.4. The molecule has 2 amide bonds. The molecule has 3 N–H and O–H groups in total. The van der Waals surface area contributed by atoms with Gasteiger partial charge in [-0.2, -0.15) is 0 Å². The van der Waals surface area contributed by atoms with E-state index in [1.54, 1.807) is 48.8 Å². The van der Waals surface area contributed by atoms with E-state index in [-0.39, 0.29) is 17.7 Å². The molecule has 2 atom stereocenters. The van der Waals surface area contributed by atoms with E-state index in [1.165, 1.54) is 0 Å². The van der Waals surface area contributed by atoms with Crippen LogP contribution in [0.4, 0.5) is 11.4 Å². The normalized spacial score (nSPS) is 19.9. The number of carbonyl (C=O) groups is 2. The summed E-state index contributed by atoms with van der Waals surface area (Å²) in [5, 5.41) is 9.08. The fourth-order valence-corrected chi connectivity index (χ4v) is 2.99. The number of piperidine rings is 1. The van der Waals surface area contributed by atoms with Gasteiger partial charge in [0.25, 0.3) is 5.91 Å². The van der Waals surface area contributed by atoms with Crippen molar-refractivity contribution in [2.75, 3.05) is 17.2 Å². The Balaban J connectivity index is 1.64. The third-order valence-electron chi connectivity index (χ3n) is 4.32. The van der Waals surface area contributed by atoms with Gasteiger partial charge in [-0.15, -0.1) is 0 Å². The lowest BCUT2D eigenvalue weighted by Gasteiger charge is -2.27. The second kappa shape index (κ2) is 7.90. The number of nitrogens with zero attached hydrogens (tertiary/aromatic N) is 1. The van der Waals surface area contributed by atoms with Crippen LogP contribution in [0.25, 0.3) is 0 Å². The van der Waals surface area contributed by atoms with Crippen molar-refractivity contribution in [3.05, 3.63) is 54.4 Å². The number of benzene rings is 1. The van der Waals surface area contributed by atoms with Crippen LogP contribution in [0.3, 0.4) is 0 Å². The SMILES string of the molecule is C[C@H]1C[C@@H](C(=O)Nc2cccc(C(=O)Nc3ccncc3)c2)CCN1. The molecule has 0 bridgehead atoms. The first kappa shape index (κ1) is 17.1. The van der Waals surface area contributed by atoms with Gasteiger partial charge in [-0.1, -0.05) is 6.07 Å². The highest BCUT2D eigenvalue weighted by Crippen LogP contribution is 2.19. The predicted octanol–water partition coefficient (Wildman–Crippen LogP) is 2.66. The number of amides is 2. The van der Waals surface area contributed by atoms with E-state index in [2.05, 4.69) is 27.9 Å². The van der Waals surface area contributed by atoms with Gasteiger partial charge in [0.2, 0.25) is 5.91 Å². The zero-order valence-electron chi connectivity index (χ0n) is 14.2. The van der Waals surface area contributed by atoms with E-state index >= 15 is 0 Å². The molecule has 0 aliphatic carbocycles. The van der Waals surface area contributed by atoms with Crippen LogP contribution in [0.5, 0.6) is 0 Å². The molecule has 3 rings (SSSR count). The summed E-state index contributed by atoms with van der Waals surface area (Å²) >= 11 is 0. The number of anilines is 2. The molecule has 2 aromatic rings. The van der Waals surface area contributed by atoms with Crippen molar-refractivity contribution < 1.29 is 9.59 Å². The Kier molecular flexibility index (Phi) is 5.40. The van der Waals surface area contributed by atoms with E-state index in [0.29, 0.717) is 23.0 Å². The van der Waals surface area contributed by atoms with Gasteiger partial charge in [0.05, 0.1) is 0 Å². The van der Waals surface area contributed by atoms with Gasteiger partial charge in [-0.05, 0) is 56.6 Å². The standard InChI is InChI=1S/C19H22N4O2/c1-13-11-15(5-10-21-13)19(25)23-17-4-2-3-14(12-17)18(24)22-16-6-8-20-9-7-16/h2-4,6-9,12-13,15,21H,5,10-11H2,1H3,(H,23,25)(H,20,22,24)/t13-,15-/m0/s1. The Morgan fingerprint density at radius 1 is 1.12 bits per heavy atom. The quantitative estimate of drug-likeness (QED) is 0.800. The second-order valence-electron chi connectivity index (χ2n) is 6.34. The first-order valence-corrected chi connectivity index (χ1v) is 8.47. The number of hydrogen-bond acceptors (Lipinski definition) is 4. The lowest BCUT2D eigenvalue weighted by molar-refractivity contribution is -0.120. The first-order chi connectivity index (χ1) is 12.1. The highest BCUT2D eigenvalue weighted by Gasteiger charge is 2.24. The van der Waals surface area contributed by atoms with E-state index in [1.807, 2.05) is 0 Å². The van der Waals surface area contributed by atoms with E-state index in [0.717, 1.165) is 19.4 Å². The third kappa shape index (κ3) is 4.64. The Hall–Kier alpha value is -2.73. The minimum atomic E-state index is -0.224. The van der Waals surface area contributed by atoms with Gasteiger partial charge in [0.1, 0.15) is 0 Å². The topological polar surface area (TPSA) is 83.1 Å². The average Bonchev–Trinajstić information content (AvgIpc) is 2.63. The molecular weight excluding hydrogens is 316 g/mol. The molecule has 1 aromatic carbocycles. The van der Waals surface area contributed by atoms with Crippen LogP contribution in [0.15, 0.2) is 48.8 Å². The minimum absolute atomic E-state index is 0.00514. The molecule has 25 heavy (non-hydrogen) atoms. The maximum Gasteiger partial charge on any atom is 0.255 e. The molecule has 1 aromatic heterocycles. The molecule has 130 valence electrons. The zero-order valence-corrected chi connectivity index (χ0v) is 14.2. The van der Waals surface area contributed by atoms with Crippen molar-refractivity contribution in [3.8, 4) is 0 Å². The van der Waals surface area contributed by atoms with Gasteiger partial charge in [-0.25, -0.2) is 0 Å². The number of rotatable bonds is 4. The van der Waals surface area contributed by atoms with Crippen molar-refractivity contribution in [1.82, 2.24) is 10.3 Å². The van der Waals surface area contributed by atoms with Crippen molar-refractivity contribution in [2.24, 2.45) is 5.92 Å². The van der Waals surface area contributed by atoms with Crippen molar-refractivity contribution >= 4 is 23.2 Å². The fraction of sp³-hybridized carbons (Fsp3) is 0.316. The van der Waals surface area contributed by atoms with Gasteiger partial charge in [0.15, 0.2) is 0 Å². The molecule has 1 aliphatic rings. The molecule has 0 saturated carbocycles. The number of pyridine rings is 1. The van der Waals surface area contributed by atoms with E-state index in [9.17, 15) is 9.59 Å². The number of aromatic nitrogens is 1. The van der Waals surface area contributed by atoms with Crippen LogP contribution in [-0.4, -0.2) is 29.4 Å². The van der Waals surface area contributed by atoms with Crippen LogP contribution in [0, 0.1) is 5.92 Å². The summed E-state index contributed by atoms with van der Waals surface area (Å²) < 4.78 is 0. The predicted molar refractivity (Wildman–Crippen MR) is 97.5 cm³/mol. The Labute approximate surface area is 147 Å². The summed E-state index contributed by atoms with van der Waals surface area (Å²) in [6, 6.07) is 10.8. The summed E-state index contributed by atoms with van der Waals surface area (Å²) in [4.78, 5) is 28.7. The summed E-state index contributed by atoms with van der Waals surface area (Å²) in [7, 11) is 0. The van der Waals surface area contributed by atoms with Crippen LogP contribution in [0.1, 0.15) is 30.1 Å². The summed E-state index contributed by atoms with van der Waals surface area (Å²) in [5.74, 6) is -0.205. The maximum atomic E-state index is 12.4. The largest absolute Gasteiger partial charge is 0.326 e. The molecule has 6 nitrogen and oxygen atoms in total. The average molecular weight is 338 g/mol. The molecule has 1 fully saturated rings. The smallest absolute Gasteiger partial charge is 0.255 e.